The number of carbonyl (C=O) groups is 2. The van der Waals surface area contributed by atoms with Crippen LogP contribution in [0.25, 0.3) is 0 Å². The summed E-state index contributed by atoms with van der Waals surface area (Å²) in [7, 11) is 0. The summed E-state index contributed by atoms with van der Waals surface area (Å²) in [5.74, 6) is 0.397. The molecule has 2 saturated heterocycles. The Kier molecular flexibility index (Phi) is 4.89. The Morgan fingerprint density at radius 2 is 1.83 bits per heavy atom. The minimum Gasteiger partial charge on any atom is -0.386 e. The van der Waals surface area contributed by atoms with Gasteiger partial charge in [-0.3, -0.25) is 9.59 Å². The molecule has 0 aromatic carbocycles. The monoisotopic (exact) mass is 338 g/mol. The second-order valence-corrected chi connectivity index (χ2v) is 8.09. The molecule has 3 aliphatic rings. The number of ether oxygens (including phenoxy) is 1. The fourth-order valence-corrected chi connectivity index (χ4v) is 4.42. The molecule has 2 amide bonds. The van der Waals surface area contributed by atoms with Gasteiger partial charge in [-0.15, -0.1) is 0 Å². The molecule has 0 unspecified atom stereocenters. The Bertz CT molecular complexity index is 491. The zero-order chi connectivity index (χ0) is 17.4. The smallest absolute Gasteiger partial charge is 0.225 e. The first-order valence-electron chi connectivity index (χ1n) is 9.24. The lowest BCUT2D eigenvalue weighted by Gasteiger charge is -2.51. The molecule has 3 rings (SSSR count). The average Bonchev–Trinajstić information content (AvgIpc) is 3.06. The molecule has 6 heteroatoms. The third-order valence-electron chi connectivity index (χ3n) is 6.07. The summed E-state index contributed by atoms with van der Waals surface area (Å²) < 4.78 is 6.05. The first-order chi connectivity index (χ1) is 11.3. The van der Waals surface area contributed by atoms with Crippen LogP contribution < -0.4 is 5.32 Å². The van der Waals surface area contributed by atoms with Crippen LogP contribution in [0.2, 0.25) is 0 Å². The molecule has 3 fully saturated rings. The molecular weight excluding hydrogens is 308 g/mol. The maximum Gasteiger partial charge on any atom is 0.225 e. The lowest BCUT2D eigenvalue weighted by Crippen LogP contribution is -2.64. The lowest BCUT2D eigenvalue weighted by molar-refractivity contribution is -0.194. The Morgan fingerprint density at radius 3 is 2.42 bits per heavy atom. The molecule has 0 bridgehead atoms. The van der Waals surface area contributed by atoms with Gasteiger partial charge in [0, 0.05) is 25.9 Å². The highest BCUT2D eigenvalue weighted by atomic mass is 16.5. The van der Waals surface area contributed by atoms with Crippen molar-refractivity contribution in [2.45, 2.75) is 76.0 Å². The first-order valence-corrected chi connectivity index (χ1v) is 9.24. The van der Waals surface area contributed by atoms with Crippen molar-refractivity contribution < 1.29 is 19.4 Å². The molecule has 6 nitrogen and oxygen atoms in total. The van der Waals surface area contributed by atoms with Gasteiger partial charge in [0.1, 0.15) is 5.60 Å². The highest BCUT2D eigenvalue weighted by Crippen LogP contribution is 2.39. The SMILES string of the molecule is CC(=O)N[C@H]1CC2(CCN(C(=O)C3CCCC3)CC2)OC[C@]1(C)O. The van der Waals surface area contributed by atoms with Crippen LogP contribution >= 0.6 is 0 Å². The van der Waals surface area contributed by atoms with Gasteiger partial charge in [0.05, 0.1) is 18.2 Å². The van der Waals surface area contributed by atoms with Crippen molar-refractivity contribution in [2.75, 3.05) is 19.7 Å². The van der Waals surface area contributed by atoms with Crippen molar-refractivity contribution >= 4 is 11.8 Å². The predicted molar refractivity (Wildman–Crippen MR) is 89.3 cm³/mol. The molecule has 0 aromatic heterocycles. The van der Waals surface area contributed by atoms with Gasteiger partial charge in [-0.2, -0.15) is 0 Å². The van der Waals surface area contributed by atoms with E-state index in [1.165, 1.54) is 19.8 Å². The summed E-state index contributed by atoms with van der Waals surface area (Å²) >= 11 is 0. The van der Waals surface area contributed by atoms with E-state index in [4.69, 9.17) is 4.74 Å². The maximum absolute atomic E-state index is 12.6. The summed E-state index contributed by atoms with van der Waals surface area (Å²) in [6.07, 6.45) is 6.56. The maximum atomic E-state index is 12.6. The van der Waals surface area contributed by atoms with Crippen LogP contribution in [0.3, 0.4) is 0 Å². The number of amides is 2. The van der Waals surface area contributed by atoms with Gasteiger partial charge in [0.2, 0.25) is 11.8 Å². The molecule has 1 saturated carbocycles. The van der Waals surface area contributed by atoms with Crippen LogP contribution in [0.1, 0.15) is 58.8 Å². The summed E-state index contributed by atoms with van der Waals surface area (Å²) in [5, 5.41) is 13.3. The number of likely N-dealkylation sites (tertiary alicyclic amines) is 1. The minimum absolute atomic E-state index is 0.133. The Labute approximate surface area is 143 Å². The van der Waals surface area contributed by atoms with E-state index in [0.717, 1.165) is 25.7 Å². The van der Waals surface area contributed by atoms with Gasteiger partial charge in [-0.1, -0.05) is 12.8 Å². The number of aliphatic hydroxyl groups is 1. The number of hydrogen-bond donors (Lipinski definition) is 2. The van der Waals surface area contributed by atoms with E-state index in [-0.39, 0.29) is 30.1 Å². The summed E-state index contributed by atoms with van der Waals surface area (Å²) in [6.45, 7) is 4.82. The topological polar surface area (TPSA) is 78.9 Å². The fourth-order valence-electron chi connectivity index (χ4n) is 4.42. The number of hydrogen-bond acceptors (Lipinski definition) is 4. The third kappa shape index (κ3) is 3.59. The molecule has 0 radical (unpaired) electrons. The molecule has 24 heavy (non-hydrogen) atoms. The summed E-state index contributed by atoms with van der Waals surface area (Å²) in [4.78, 5) is 26.0. The van der Waals surface area contributed by atoms with E-state index in [0.29, 0.717) is 25.4 Å². The largest absolute Gasteiger partial charge is 0.386 e. The van der Waals surface area contributed by atoms with Crippen molar-refractivity contribution in [1.82, 2.24) is 10.2 Å². The molecule has 1 spiro atoms. The van der Waals surface area contributed by atoms with E-state index in [2.05, 4.69) is 5.32 Å². The fraction of sp³-hybridized carbons (Fsp3) is 0.889. The normalized spacial score (nSPS) is 33.6. The van der Waals surface area contributed by atoms with Crippen molar-refractivity contribution in [3.05, 3.63) is 0 Å². The molecule has 1 aliphatic carbocycles. The van der Waals surface area contributed by atoms with E-state index in [9.17, 15) is 14.7 Å². The first kappa shape index (κ1) is 17.7. The average molecular weight is 338 g/mol. The minimum atomic E-state index is -1.05. The van der Waals surface area contributed by atoms with Crippen molar-refractivity contribution in [1.29, 1.82) is 0 Å². The summed E-state index contributed by atoms with van der Waals surface area (Å²) in [6, 6.07) is -0.305. The molecule has 2 N–H and O–H groups in total. The van der Waals surface area contributed by atoms with Gasteiger partial charge >= 0.3 is 0 Å². The van der Waals surface area contributed by atoms with Crippen LogP contribution in [0.5, 0.6) is 0 Å². The van der Waals surface area contributed by atoms with Crippen LogP contribution in [-0.4, -0.2) is 58.8 Å². The predicted octanol–water partition coefficient (Wildman–Crippen LogP) is 1.21. The van der Waals surface area contributed by atoms with Gasteiger partial charge < -0.3 is 20.1 Å². The summed E-state index contributed by atoms with van der Waals surface area (Å²) in [5.41, 5.74) is -1.38. The number of rotatable bonds is 2. The number of nitrogens with one attached hydrogen (secondary N) is 1. The van der Waals surface area contributed by atoms with Crippen molar-refractivity contribution in [3.63, 3.8) is 0 Å². The molecule has 136 valence electrons. The van der Waals surface area contributed by atoms with E-state index in [1.807, 2.05) is 4.90 Å². The van der Waals surface area contributed by atoms with E-state index < -0.39 is 5.60 Å². The zero-order valence-electron chi connectivity index (χ0n) is 14.8. The van der Waals surface area contributed by atoms with Crippen LogP contribution in [0.15, 0.2) is 0 Å². The number of piperidine rings is 1. The second-order valence-electron chi connectivity index (χ2n) is 8.09. The highest BCUT2D eigenvalue weighted by Gasteiger charge is 2.49. The highest BCUT2D eigenvalue weighted by molar-refractivity contribution is 5.79. The van der Waals surface area contributed by atoms with Gasteiger partial charge in [0.15, 0.2) is 0 Å². The van der Waals surface area contributed by atoms with Gasteiger partial charge in [-0.05, 0) is 39.0 Å². The van der Waals surface area contributed by atoms with Gasteiger partial charge in [0.25, 0.3) is 0 Å². The molecule has 2 heterocycles. The molecule has 2 atom stereocenters. The van der Waals surface area contributed by atoms with Gasteiger partial charge in [-0.25, -0.2) is 0 Å². The number of carbonyl (C=O) groups excluding carboxylic acids is 2. The molecule has 0 aromatic rings. The molecular formula is C18H30N2O4. The van der Waals surface area contributed by atoms with Crippen LogP contribution in [0.4, 0.5) is 0 Å². The van der Waals surface area contributed by atoms with E-state index >= 15 is 0 Å². The Morgan fingerprint density at radius 1 is 1.21 bits per heavy atom. The Hall–Kier alpha value is -1.14. The second kappa shape index (κ2) is 6.64. The van der Waals surface area contributed by atoms with Crippen LogP contribution in [0, 0.1) is 5.92 Å². The standard InChI is InChI=1S/C18H30N2O4/c1-13(21)19-15-11-18(24-12-17(15,2)23)7-9-20(10-8-18)16(22)14-5-3-4-6-14/h14-15,23H,3-12H2,1-2H3,(H,19,21)/t15-,17-/m0/s1. The van der Waals surface area contributed by atoms with E-state index in [1.54, 1.807) is 6.92 Å². The third-order valence-corrected chi connectivity index (χ3v) is 6.07. The van der Waals surface area contributed by atoms with Crippen molar-refractivity contribution in [2.24, 2.45) is 5.92 Å². The van der Waals surface area contributed by atoms with Crippen molar-refractivity contribution in [3.8, 4) is 0 Å². The quantitative estimate of drug-likeness (QED) is 0.793. The lowest BCUT2D eigenvalue weighted by atomic mass is 9.77. The zero-order valence-corrected chi connectivity index (χ0v) is 14.8. The van der Waals surface area contributed by atoms with Crippen LogP contribution in [-0.2, 0) is 14.3 Å². The molecule has 2 aliphatic heterocycles. The number of nitrogens with zero attached hydrogens (tertiary/aromatic N) is 1. The Balaban J connectivity index is 1.60.